The molecule has 2 saturated heterocycles. The third-order valence-electron chi connectivity index (χ3n) is 6.89. The van der Waals surface area contributed by atoms with Gasteiger partial charge in [-0.3, -0.25) is 14.5 Å². The van der Waals surface area contributed by atoms with Crippen molar-refractivity contribution < 1.29 is 14.0 Å². The lowest BCUT2D eigenvalue weighted by atomic mass is 9.96. The van der Waals surface area contributed by atoms with Gasteiger partial charge in [-0.2, -0.15) is 0 Å². The molecule has 6 heteroatoms. The number of fused-ring (bicyclic) bond motifs is 1. The molecule has 0 spiro atoms. The average molecular weight is 422 g/mol. The van der Waals surface area contributed by atoms with Gasteiger partial charge in [0.15, 0.2) is 0 Å². The van der Waals surface area contributed by atoms with E-state index < -0.39 is 0 Å². The van der Waals surface area contributed by atoms with E-state index in [1.165, 1.54) is 37.1 Å². The molecule has 5 rings (SSSR count). The van der Waals surface area contributed by atoms with Crippen LogP contribution in [0.2, 0.25) is 0 Å². The van der Waals surface area contributed by atoms with E-state index in [1.54, 1.807) is 4.90 Å². The van der Waals surface area contributed by atoms with Crippen LogP contribution in [0.5, 0.6) is 0 Å². The van der Waals surface area contributed by atoms with Crippen LogP contribution in [0.3, 0.4) is 0 Å². The molecule has 1 unspecified atom stereocenters. The summed E-state index contributed by atoms with van der Waals surface area (Å²) in [7, 11) is 0. The van der Waals surface area contributed by atoms with Crippen molar-refractivity contribution in [2.24, 2.45) is 0 Å². The first-order valence-electron chi connectivity index (χ1n) is 11.3. The fraction of sp³-hybridized carbons (Fsp3) is 0.440. The highest BCUT2D eigenvalue weighted by molar-refractivity contribution is 5.95. The zero-order chi connectivity index (χ0) is 21.4. The number of amides is 2. The lowest BCUT2D eigenvalue weighted by molar-refractivity contribution is 0.0530. The number of nitrogens with zero attached hydrogens (tertiary/aromatic N) is 3. The summed E-state index contributed by atoms with van der Waals surface area (Å²) in [5.74, 6) is -0.305. The number of benzene rings is 2. The second-order valence-corrected chi connectivity index (χ2v) is 8.83. The summed E-state index contributed by atoms with van der Waals surface area (Å²) in [6.07, 6.45) is 5.55. The van der Waals surface area contributed by atoms with Gasteiger partial charge in [0.2, 0.25) is 0 Å². The number of halogens is 1. The molecule has 0 radical (unpaired) electrons. The van der Waals surface area contributed by atoms with E-state index in [4.69, 9.17) is 0 Å². The summed E-state index contributed by atoms with van der Waals surface area (Å²) in [6, 6.07) is 11.6. The van der Waals surface area contributed by atoms with Crippen molar-refractivity contribution in [3.05, 3.63) is 70.5 Å². The Labute approximate surface area is 182 Å². The van der Waals surface area contributed by atoms with Gasteiger partial charge < -0.3 is 9.80 Å². The lowest BCUT2D eigenvalue weighted by Crippen LogP contribution is -2.46. The lowest BCUT2D eigenvalue weighted by Gasteiger charge is -2.33. The monoisotopic (exact) mass is 421 g/mol. The van der Waals surface area contributed by atoms with Crippen molar-refractivity contribution in [1.82, 2.24) is 14.7 Å². The summed E-state index contributed by atoms with van der Waals surface area (Å²) in [5, 5.41) is 0. The van der Waals surface area contributed by atoms with Crippen LogP contribution in [-0.4, -0.2) is 58.9 Å². The van der Waals surface area contributed by atoms with Gasteiger partial charge in [0.1, 0.15) is 5.82 Å². The highest BCUT2D eigenvalue weighted by Crippen LogP contribution is 2.28. The van der Waals surface area contributed by atoms with E-state index in [9.17, 15) is 14.0 Å². The molecular formula is C25H28FN3O2. The van der Waals surface area contributed by atoms with Gasteiger partial charge in [0, 0.05) is 43.9 Å². The molecule has 0 N–H and O–H groups in total. The quantitative estimate of drug-likeness (QED) is 0.759. The maximum absolute atomic E-state index is 13.3. The molecule has 3 aliphatic heterocycles. The number of hydrogen-bond donors (Lipinski definition) is 0. The molecule has 0 aliphatic carbocycles. The predicted octanol–water partition coefficient (Wildman–Crippen LogP) is 3.68. The third-order valence-corrected chi connectivity index (χ3v) is 6.89. The van der Waals surface area contributed by atoms with Crippen LogP contribution >= 0.6 is 0 Å². The van der Waals surface area contributed by atoms with Crippen molar-refractivity contribution in [3.63, 3.8) is 0 Å². The van der Waals surface area contributed by atoms with Gasteiger partial charge in [-0.15, -0.1) is 0 Å². The van der Waals surface area contributed by atoms with Crippen molar-refractivity contribution in [1.29, 1.82) is 0 Å². The SMILES string of the molecule is O=C(c1ccc(F)cc1)N1CCc2cc(C(=O)N3CCCC3N3CCCC3)ccc2C1. The minimum atomic E-state index is -0.345. The van der Waals surface area contributed by atoms with Crippen LogP contribution in [0.1, 0.15) is 57.5 Å². The highest BCUT2D eigenvalue weighted by Gasteiger charge is 2.35. The Morgan fingerprint density at radius 1 is 0.806 bits per heavy atom. The standard InChI is InChI=1S/C25H28FN3O2/c26-22-9-7-18(8-10-22)24(30)28-15-11-19-16-20(5-6-21(19)17-28)25(31)29-14-3-4-23(29)27-12-1-2-13-27/h5-10,16,23H,1-4,11-15,17H2. The second kappa shape index (κ2) is 8.42. The molecule has 3 aliphatic rings. The summed E-state index contributed by atoms with van der Waals surface area (Å²) < 4.78 is 13.2. The van der Waals surface area contributed by atoms with Crippen LogP contribution in [0.4, 0.5) is 4.39 Å². The Hall–Kier alpha value is -2.73. The maximum atomic E-state index is 13.3. The zero-order valence-corrected chi connectivity index (χ0v) is 17.7. The second-order valence-electron chi connectivity index (χ2n) is 8.83. The van der Waals surface area contributed by atoms with Crippen molar-refractivity contribution >= 4 is 11.8 Å². The highest BCUT2D eigenvalue weighted by atomic mass is 19.1. The summed E-state index contributed by atoms with van der Waals surface area (Å²) in [5.41, 5.74) is 3.48. The number of carbonyl (C=O) groups is 2. The summed E-state index contributed by atoms with van der Waals surface area (Å²) in [6.45, 7) is 4.13. The van der Waals surface area contributed by atoms with E-state index in [1.807, 2.05) is 18.2 Å². The Bertz CT molecular complexity index is 985. The van der Waals surface area contributed by atoms with Crippen LogP contribution in [-0.2, 0) is 13.0 Å². The molecule has 2 amide bonds. The van der Waals surface area contributed by atoms with Gasteiger partial charge in [0.25, 0.3) is 11.8 Å². The Kier molecular flexibility index (Phi) is 5.48. The fourth-order valence-corrected chi connectivity index (χ4v) is 5.21. The average Bonchev–Trinajstić information content (AvgIpc) is 3.49. The van der Waals surface area contributed by atoms with Gasteiger partial charge in [-0.25, -0.2) is 4.39 Å². The van der Waals surface area contributed by atoms with Crippen LogP contribution in [0, 0.1) is 5.82 Å². The van der Waals surface area contributed by atoms with Gasteiger partial charge >= 0.3 is 0 Å². The van der Waals surface area contributed by atoms with E-state index in [-0.39, 0.29) is 23.8 Å². The zero-order valence-electron chi connectivity index (χ0n) is 17.7. The molecule has 2 aromatic rings. The van der Waals surface area contributed by atoms with Crippen molar-refractivity contribution in [2.75, 3.05) is 26.2 Å². The van der Waals surface area contributed by atoms with Crippen molar-refractivity contribution in [2.45, 2.75) is 44.8 Å². The Balaban J connectivity index is 1.30. The van der Waals surface area contributed by atoms with Gasteiger partial charge in [-0.05, 0) is 79.6 Å². The summed E-state index contributed by atoms with van der Waals surface area (Å²) >= 11 is 0. The molecule has 0 aromatic heterocycles. The number of carbonyl (C=O) groups excluding carboxylic acids is 2. The smallest absolute Gasteiger partial charge is 0.255 e. The molecule has 5 nitrogen and oxygen atoms in total. The largest absolute Gasteiger partial charge is 0.334 e. The number of hydrogen-bond acceptors (Lipinski definition) is 3. The van der Waals surface area contributed by atoms with Crippen LogP contribution < -0.4 is 0 Å². The van der Waals surface area contributed by atoms with Crippen LogP contribution in [0.15, 0.2) is 42.5 Å². The normalized spacial score (nSPS) is 21.4. The summed E-state index contributed by atoms with van der Waals surface area (Å²) in [4.78, 5) is 32.4. The minimum absolute atomic E-state index is 0.0867. The molecule has 0 saturated carbocycles. The fourth-order valence-electron chi connectivity index (χ4n) is 5.21. The molecular weight excluding hydrogens is 393 g/mol. The molecule has 0 bridgehead atoms. The Morgan fingerprint density at radius 3 is 2.32 bits per heavy atom. The molecule has 2 aromatic carbocycles. The first-order valence-corrected chi connectivity index (χ1v) is 11.3. The van der Waals surface area contributed by atoms with Gasteiger partial charge in [-0.1, -0.05) is 6.07 Å². The molecule has 162 valence electrons. The maximum Gasteiger partial charge on any atom is 0.255 e. The molecule has 1 atom stereocenters. The molecule has 3 heterocycles. The minimum Gasteiger partial charge on any atom is -0.334 e. The topological polar surface area (TPSA) is 43.9 Å². The predicted molar refractivity (Wildman–Crippen MR) is 116 cm³/mol. The van der Waals surface area contributed by atoms with E-state index in [0.717, 1.165) is 55.6 Å². The van der Waals surface area contributed by atoms with Gasteiger partial charge in [0.05, 0.1) is 6.17 Å². The van der Waals surface area contributed by atoms with E-state index in [2.05, 4.69) is 9.80 Å². The molecule has 2 fully saturated rings. The Morgan fingerprint density at radius 2 is 1.55 bits per heavy atom. The van der Waals surface area contributed by atoms with E-state index >= 15 is 0 Å². The molecule has 31 heavy (non-hydrogen) atoms. The number of rotatable bonds is 3. The van der Waals surface area contributed by atoms with Crippen molar-refractivity contribution in [3.8, 4) is 0 Å². The third kappa shape index (κ3) is 3.97. The number of likely N-dealkylation sites (tertiary alicyclic amines) is 2. The van der Waals surface area contributed by atoms with E-state index in [0.29, 0.717) is 18.7 Å². The first-order chi connectivity index (χ1) is 15.1. The first kappa shape index (κ1) is 20.2. The van der Waals surface area contributed by atoms with Crippen LogP contribution in [0.25, 0.3) is 0 Å².